The van der Waals surface area contributed by atoms with Crippen LogP contribution in [0.25, 0.3) is 22.4 Å². The smallest absolute Gasteiger partial charge is 0.0923 e. The van der Waals surface area contributed by atoms with E-state index in [0.29, 0.717) is 6.10 Å². The van der Waals surface area contributed by atoms with E-state index in [4.69, 9.17) is 9.84 Å². The summed E-state index contributed by atoms with van der Waals surface area (Å²) in [6.07, 6.45) is 4.64. The molecule has 1 saturated heterocycles. The fourth-order valence-electron chi connectivity index (χ4n) is 3.47. The van der Waals surface area contributed by atoms with E-state index in [1.165, 1.54) is 11.1 Å². The summed E-state index contributed by atoms with van der Waals surface area (Å²) in [4.78, 5) is 4.46. The topological polar surface area (TPSA) is 39.9 Å². The number of nitrogens with zero attached hydrogens (tertiary/aromatic N) is 3. The minimum absolute atomic E-state index is 0.307. The maximum absolute atomic E-state index is 5.70. The second-order valence-electron chi connectivity index (χ2n) is 6.78. The van der Waals surface area contributed by atoms with Crippen molar-refractivity contribution in [3.05, 3.63) is 60.0 Å². The van der Waals surface area contributed by atoms with Gasteiger partial charge in [0.2, 0.25) is 0 Å². The number of ether oxygens (including phenoxy) is 1. The monoisotopic (exact) mass is 333 g/mol. The van der Waals surface area contributed by atoms with Crippen molar-refractivity contribution < 1.29 is 4.74 Å². The average molecular weight is 333 g/mol. The van der Waals surface area contributed by atoms with Crippen molar-refractivity contribution >= 4 is 0 Å². The molecular formula is C21H23N3O. The summed E-state index contributed by atoms with van der Waals surface area (Å²) in [7, 11) is 0. The quantitative estimate of drug-likeness (QED) is 0.710. The third-order valence-electron chi connectivity index (χ3n) is 4.63. The van der Waals surface area contributed by atoms with Crippen molar-refractivity contribution in [2.75, 3.05) is 6.61 Å². The fourth-order valence-corrected chi connectivity index (χ4v) is 3.47. The van der Waals surface area contributed by atoms with Gasteiger partial charge in [-0.2, -0.15) is 5.10 Å². The van der Waals surface area contributed by atoms with Crippen molar-refractivity contribution in [3.63, 3.8) is 0 Å². The van der Waals surface area contributed by atoms with Gasteiger partial charge in [0.05, 0.1) is 18.3 Å². The zero-order chi connectivity index (χ0) is 17.2. The van der Waals surface area contributed by atoms with Crippen molar-refractivity contribution in [1.82, 2.24) is 14.8 Å². The fraction of sp³-hybridized carbons (Fsp3) is 0.333. The standard InChI is InChI=1S/C21H23N3O/c1-15-11-19(12-16(2)22-15)17-5-3-6-18(13-17)21-8-9-24(23-21)14-20-7-4-10-25-20/h3,5-6,8-9,11-13,20H,4,7,10,14H2,1-2H3. The Bertz CT molecular complexity index is 858. The lowest BCUT2D eigenvalue weighted by Gasteiger charge is -2.09. The molecule has 0 saturated carbocycles. The molecule has 1 aromatic carbocycles. The molecule has 0 radical (unpaired) electrons. The summed E-state index contributed by atoms with van der Waals surface area (Å²) >= 11 is 0. The Hall–Kier alpha value is -2.46. The van der Waals surface area contributed by atoms with E-state index in [0.717, 1.165) is 48.6 Å². The molecule has 0 N–H and O–H groups in total. The molecule has 2 aromatic heterocycles. The Labute approximate surface area is 148 Å². The highest BCUT2D eigenvalue weighted by Gasteiger charge is 2.16. The van der Waals surface area contributed by atoms with Crippen LogP contribution in [0.5, 0.6) is 0 Å². The van der Waals surface area contributed by atoms with Crippen LogP contribution in [-0.4, -0.2) is 27.5 Å². The van der Waals surface area contributed by atoms with Gasteiger partial charge >= 0.3 is 0 Å². The van der Waals surface area contributed by atoms with Crippen LogP contribution in [0, 0.1) is 13.8 Å². The number of aryl methyl sites for hydroxylation is 2. The maximum Gasteiger partial charge on any atom is 0.0923 e. The van der Waals surface area contributed by atoms with Gasteiger partial charge in [-0.25, -0.2) is 0 Å². The van der Waals surface area contributed by atoms with Gasteiger partial charge in [0.25, 0.3) is 0 Å². The number of hydrogen-bond donors (Lipinski definition) is 0. The van der Waals surface area contributed by atoms with E-state index < -0.39 is 0 Å². The van der Waals surface area contributed by atoms with E-state index in [2.05, 4.69) is 47.4 Å². The largest absolute Gasteiger partial charge is 0.376 e. The summed E-state index contributed by atoms with van der Waals surface area (Å²) < 4.78 is 7.70. The first kappa shape index (κ1) is 16.0. The van der Waals surface area contributed by atoms with Crippen molar-refractivity contribution in [1.29, 1.82) is 0 Å². The van der Waals surface area contributed by atoms with Crippen LogP contribution >= 0.6 is 0 Å². The second kappa shape index (κ2) is 6.81. The van der Waals surface area contributed by atoms with Crippen LogP contribution in [0.3, 0.4) is 0 Å². The first-order valence-corrected chi connectivity index (χ1v) is 8.88. The molecule has 3 aromatic rings. The molecule has 0 bridgehead atoms. The lowest BCUT2D eigenvalue weighted by atomic mass is 10.0. The van der Waals surface area contributed by atoms with Crippen molar-refractivity contribution in [2.45, 2.75) is 39.3 Å². The SMILES string of the molecule is Cc1cc(-c2cccc(-c3ccn(CC4CCCO4)n3)c2)cc(C)n1. The molecule has 1 aliphatic rings. The highest BCUT2D eigenvalue weighted by Crippen LogP contribution is 2.26. The van der Waals surface area contributed by atoms with Gasteiger partial charge in [-0.1, -0.05) is 18.2 Å². The summed E-state index contributed by atoms with van der Waals surface area (Å²) in [6.45, 7) is 5.79. The molecule has 1 unspecified atom stereocenters. The van der Waals surface area contributed by atoms with Gasteiger partial charge in [-0.3, -0.25) is 9.67 Å². The number of pyridine rings is 1. The van der Waals surface area contributed by atoms with E-state index >= 15 is 0 Å². The second-order valence-corrected chi connectivity index (χ2v) is 6.78. The molecule has 0 amide bonds. The van der Waals surface area contributed by atoms with Crippen molar-refractivity contribution in [3.8, 4) is 22.4 Å². The van der Waals surface area contributed by atoms with Crippen LogP contribution in [0.1, 0.15) is 24.2 Å². The van der Waals surface area contributed by atoms with E-state index in [9.17, 15) is 0 Å². The predicted molar refractivity (Wildman–Crippen MR) is 99.3 cm³/mol. The molecule has 4 nitrogen and oxygen atoms in total. The van der Waals surface area contributed by atoms with Crippen LogP contribution in [0.2, 0.25) is 0 Å². The molecular weight excluding hydrogens is 310 g/mol. The zero-order valence-corrected chi connectivity index (χ0v) is 14.8. The first-order valence-electron chi connectivity index (χ1n) is 8.88. The molecule has 4 heteroatoms. The van der Waals surface area contributed by atoms with Crippen molar-refractivity contribution in [2.24, 2.45) is 0 Å². The maximum atomic E-state index is 5.70. The van der Waals surface area contributed by atoms with Crippen LogP contribution in [0.15, 0.2) is 48.7 Å². The summed E-state index contributed by atoms with van der Waals surface area (Å²) in [5, 5.41) is 4.74. The molecule has 25 heavy (non-hydrogen) atoms. The third kappa shape index (κ3) is 3.64. The number of rotatable bonds is 4. The summed E-state index contributed by atoms with van der Waals surface area (Å²) in [6, 6.07) is 14.9. The Balaban J connectivity index is 1.60. The highest BCUT2D eigenvalue weighted by molar-refractivity contribution is 5.71. The Morgan fingerprint density at radius 1 is 1.04 bits per heavy atom. The van der Waals surface area contributed by atoms with Gasteiger partial charge in [-0.05, 0) is 62.1 Å². The lowest BCUT2D eigenvalue weighted by molar-refractivity contribution is 0.0940. The first-order chi connectivity index (χ1) is 12.2. The van der Waals surface area contributed by atoms with Crippen LogP contribution in [-0.2, 0) is 11.3 Å². The molecule has 128 valence electrons. The normalized spacial score (nSPS) is 17.1. The van der Waals surface area contributed by atoms with Crippen LogP contribution < -0.4 is 0 Å². The van der Waals surface area contributed by atoms with Gasteiger partial charge < -0.3 is 4.74 Å². The average Bonchev–Trinajstić information content (AvgIpc) is 3.27. The third-order valence-corrected chi connectivity index (χ3v) is 4.63. The van der Waals surface area contributed by atoms with E-state index in [-0.39, 0.29) is 0 Å². The Morgan fingerprint density at radius 3 is 2.60 bits per heavy atom. The molecule has 1 fully saturated rings. The summed E-state index contributed by atoms with van der Waals surface area (Å²) in [5.74, 6) is 0. The van der Waals surface area contributed by atoms with Gasteiger partial charge in [0, 0.05) is 29.8 Å². The molecule has 1 aliphatic heterocycles. The number of hydrogen-bond acceptors (Lipinski definition) is 3. The Kier molecular flexibility index (Phi) is 4.36. The molecule has 3 heterocycles. The van der Waals surface area contributed by atoms with Gasteiger partial charge in [0.1, 0.15) is 0 Å². The number of benzene rings is 1. The minimum Gasteiger partial charge on any atom is -0.376 e. The highest BCUT2D eigenvalue weighted by atomic mass is 16.5. The van der Waals surface area contributed by atoms with E-state index in [1.807, 2.05) is 24.7 Å². The molecule has 0 aliphatic carbocycles. The van der Waals surface area contributed by atoms with Gasteiger partial charge in [-0.15, -0.1) is 0 Å². The molecule has 1 atom stereocenters. The van der Waals surface area contributed by atoms with Gasteiger partial charge in [0.15, 0.2) is 0 Å². The minimum atomic E-state index is 0.307. The lowest BCUT2D eigenvalue weighted by Crippen LogP contribution is -2.15. The number of aromatic nitrogens is 3. The summed E-state index contributed by atoms with van der Waals surface area (Å²) in [5.41, 5.74) is 6.62. The van der Waals surface area contributed by atoms with E-state index in [1.54, 1.807) is 0 Å². The Morgan fingerprint density at radius 2 is 1.84 bits per heavy atom. The molecule has 4 rings (SSSR count). The zero-order valence-electron chi connectivity index (χ0n) is 14.8. The predicted octanol–water partition coefficient (Wildman–Crippen LogP) is 4.41. The molecule has 0 spiro atoms. The van der Waals surface area contributed by atoms with Crippen LogP contribution in [0.4, 0.5) is 0 Å².